The number of fused-ring (bicyclic) bond motifs is 1. The van der Waals surface area contributed by atoms with E-state index in [1.165, 1.54) is 23.3 Å². The lowest BCUT2D eigenvalue weighted by atomic mass is 9.76. The van der Waals surface area contributed by atoms with Gasteiger partial charge in [-0.05, 0) is 48.7 Å². The van der Waals surface area contributed by atoms with Crippen LogP contribution >= 0.6 is 12.4 Å². The Morgan fingerprint density at radius 1 is 0.913 bits per heavy atom. The van der Waals surface area contributed by atoms with E-state index in [1.54, 1.807) is 12.1 Å². The summed E-state index contributed by atoms with van der Waals surface area (Å²) in [6, 6.07) is 14.1. The Balaban J connectivity index is 0.00000192. The van der Waals surface area contributed by atoms with Crippen LogP contribution in [0.25, 0.3) is 0 Å². The largest absolute Gasteiger partial charge is 0.416 e. The Bertz CT molecular complexity index is 652. The molecule has 0 unspecified atom stereocenters. The van der Waals surface area contributed by atoms with Crippen LogP contribution in [-0.4, -0.2) is 7.05 Å². The molecule has 0 bridgehead atoms. The number of hydrogen-bond acceptors (Lipinski definition) is 1. The summed E-state index contributed by atoms with van der Waals surface area (Å²) >= 11 is 0. The second-order valence-electron chi connectivity index (χ2n) is 5.72. The molecule has 0 spiro atoms. The lowest BCUT2D eigenvalue weighted by Gasteiger charge is -2.32. The molecule has 0 heterocycles. The number of benzene rings is 2. The predicted molar refractivity (Wildman–Crippen MR) is 88.0 cm³/mol. The van der Waals surface area contributed by atoms with Crippen molar-refractivity contribution in [3.63, 3.8) is 0 Å². The summed E-state index contributed by atoms with van der Waals surface area (Å²) in [5, 5.41) is 3.31. The first-order valence-electron chi connectivity index (χ1n) is 7.44. The molecule has 0 radical (unpaired) electrons. The molecule has 1 aliphatic rings. The first-order valence-corrected chi connectivity index (χ1v) is 7.44. The van der Waals surface area contributed by atoms with Crippen LogP contribution < -0.4 is 5.32 Å². The summed E-state index contributed by atoms with van der Waals surface area (Å²) in [6.45, 7) is 0. The number of nitrogens with one attached hydrogen (secondary N) is 1. The molecule has 0 saturated heterocycles. The van der Waals surface area contributed by atoms with Gasteiger partial charge >= 0.3 is 6.18 Å². The highest BCUT2D eigenvalue weighted by Gasteiger charge is 2.31. The Morgan fingerprint density at radius 2 is 1.52 bits per heavy atom. The minimum atomic E-state index is -4.28. The quantitative estimate of drug-likeness (QED) is 0.780. The van der Waals surface area contributed by atoms with Crippen molar-refractivity contribution in [2.45, 2.75) is 31.0 Å². The average Bonchev–Trinajstić information content (AvgIpc) is 2.53. The fraction of sp³-hybridized carbons (Fsp3) is 0.333. The monoisotopic (exact) mass is 341 g/mol. The maximum Gasteiger partial charge on any atom is 0.416 e. The lowest BCUT2D eigenvalue weighted by Crippen LogP contribution is -2.24. The van der Waals surface area contributed by atoms with Crippen LogP contribution in [0.5, 0.6) is 0 Å². The molecule has 3 rings (SSSR count). The van der Waals surface area contributed by atoms with Gasteiger partial charge in [-0.25, -0.2) is 0 Å². The van der Waals surface area contributed by atoms with Crippen LogP contribution in [0, 0.1) is 0 Å². The zero-order chi connectivity index (χ0) is 15.7. The fourth-order valence-electron chi connectivity index (χ4n) is 3.34. The molecule has 0 amide bonds. The molecule has 23 heavy (non-hydrogen) atoms. The SMILES string of the molecule is CN[C@@H]1CC[C@@H](c2ccc(C(F)(F)F)cc2)c2ccccc21.Cl. The molecular formula is C18H19ClF3N. The fourth-order valence-corrected chi connectivity index (χ4v) is 3.34. The molecule has 1 nitrogen and oxygen atoms in total. The van der Waals surface area contributed by atoms with Crippen LogP contribution in [0.3, 0.4) is 0 Å². The van der Waals surface area contributed by atoms with Gasteiger partial charge in [-0.1, -0.05) is 36.4 Å². The van der Waals surface area contributed by atoms with Gasteiger partial charge in [-0.3, -0.25) is 0 Å². The summed E-state index contributed by atoms with van der Waals surface area (Å²) < 4.78 is 38.1. The van der Waals surface area contributed by atoms with E-state index in [4.69, 9.17) is 0 Å². The first kappa shape index (κ1) is 17.8. The van der Waals surface area contributed by atoms with E-state index < -0.39 is 11.7 Å². The second-order valence-corrected chi connectivity index (χ2v) is 5.72. The smallest absolute Gasteiger partial charge is 0.313 e. The molecule has 0 aliphatic heterocycles. The van der Waals surface area contributed by atoms with E-state index in [9.17, 15) is 13.2 Å². The summed E-state index contributed by atoms with van der Waals surface area (Å²) in [5.74, 6) is 0.170. The van der Waals surface area contributed by atoms with Crippen molar-refractivity contribution in [2.75, 3.05) is 7.05 Å². The zero-order valence-corrected chi connectivity index (χ0v) is 13.5. The van der Waals surface area contributed by atoms with E-state index in [0.29, 0.717) is 6.04 Å². The first-order chi connectivity index (χ1) is 10.5. The van der Waals surface area contributed by atoms with Crippen molar-refractivity contribution >= 4 is 12.4 Å². The normalized spacial score (nSPS) is 20.5. The van der Waals surface area contributed by atoms with Gasteiger partial charge in [-0.15, -0.1) is 12.4 Å². The van der Waals surface area contributed by atoms with Crippen molar-refractivity contribution in [3.8, 4) is 0 Å². The van der Waals surface area contributed by atoms with Crippen molar-refractivity contribution < 1.29 is 13.2 Å². The Morgan fingerprint density at radius 3 is 2.09 bits per heavy atom. The van der Waals surface area contributed by atoms with Crippen LogP contribution in [0.4, 0.5) is 13.2 Å². The molecule has 1 aliphatic carbocycles. The van der Waals surface area contributed by atoms with Crippen LogP contribution in [0.2, 0.25) is 0 Å². The minimum Gasteiger partial charge on any atom is -0.313 e. The van der Waals surface area contributed by atoms with E-state index >= 15 is 0 Å². The van der Waals surface area contributed by atoms with Gasteiger partial charge in [0, 0.05) is 12.0 Å². The molecule has 5 heteroatoms. The van der Waals surface area contributed by atoms with Gasteiger partial charge in [0.15, 0.2) is 0 Å². The van der Waals surface area contributed by atoms with Gasteiger partial charge in [-0.2, -0.15) is 13.2 Å². The second kappa shape index (κ2) is 6.93. The highest BCUT2D eigenvalue weighted by atomic mass is 35.5. The van der Waals surface area contributed by atoms with Crippen LogP contribution in [0.15, 0.2) is 48.5 Å². The topological polar surface area (TPSA) is 12.0 Å². The number of hydrogen-bond donors (Lipinski definition) is 1. The van der Waals surface area contributed by atoms with E-state index in [0.717, 1.165) is 18.4 Å². The highest BCUT2D eigenvalue weighted by molar-refractivity contribution is 5.85. The molecule has 0 fully saturated rings. The van der Waals surface area contributed by atoms with Gasteiger partial charge in [0.2, 0.25) is 0 Å². The molecule has 2 aromatic rings. The molecule has 2 aromatic carbocycles. The number of rotatable bonds is 2. The van der Waals surface area contributed by atoms with Gasteiger partial charge < -0.3 is 5.32 Å². The Hall–Kier alpha value is -1.52. The summed E-state index contributed by atoms with van der Waals surface area (Å²) in [7, 11) is 1.94. The average molecular weight is 342 g/mol. The van der Waals surface area contributed by atoms with Crippen LogP contribution in [0.1, 0.15) is 47.1 Å². The highest BCUT2D eigenvalue weighted by Crippen LogP contribution is 2.41. The predicted octanol–water partition coefficient (Wildman–Crippen LogP) is 5.31. The van der Waals surface area contributed by atoms with Crippen LogP contribution in [-0.2, 0) is 6.18 Å². The minimum absolute atomic E-state index is 0. The van der Waals surface area contributed by atoms with Crippen molar-refractivity contribution in [1.82, 2.24) is 5.32 Å². The van der Waals surface area contributed by atoms with E-state index in [2.05, 4.69) is 17.4 Å². The number of halogens is 4. The van der Waals surface area contributed by atoms with Crippen molar-refractivity contribution in [1.29, 1.82) is 0 Å². The molecular weight excluding hydrogens is 323 g/mol. The van der Waals surface area contributed by atoms with E-state index in [-0.39, 0.29) is 18.3 Å². The standard InChI is InChI=1S/C18H18F3N.ClH/c1-22-17-11-10-14(15-4-2-3-5-16(15)17)12-6-8-13(9-7-12)18(19,20)21;/h2-9,14,17,22H,10-11H2,1H3;1H/t14-,17+;/m0./s1. The summed E-state index contributed by atoms with van der Waals surface area (Å²) in [5.41, 5.74) is 2.83. The Kier molecular flexibility index (Phi) is 5.37. The Labute approximate surface area is 140 Å². The third kappa shape index (κ3) is 3.54. The number of alkyl halides is 3. The summed E-state index contributed by atoms with van der Waals surface area (Å²) in [4.78, 5) is 0. The molecule has 0 saturated carbocycles. The van der Waals surface area contributed by atoms with Gasteiger partial charge in [0.25, 0.3) is 0 Å². The maximum absolute atomic E-state index is 12.7. The van der Waals surface area contributed by atoms with Gasteiger partial charge in [0.05, 0.1) is 5.56 Å². The van der Waals surface area contributed by atoms with E-state index in [1.807, 2.05) is 19.2 Å². The molecule has 2 atom stereocenters. The molecule has 0 aromatic heterocycles. The van der Waals surface area contributed by atoms with Crippen molar-refractivity contribution in [2.24, 2.45) is 0 Å². The lowest BCUT2D eigenvalue weighted by molar-refractivity contribution is -0.137. The molecule has 1 N–H and O–H groups in total. The third-order valence-corrected chi connectivity index (χ3v) is 4.48. The summed E-state index contributed by atoms with van der Waals surface area (Å²) in [6.07, 6.45) is -2.35. The maximum atomic E-state index is 12.7. The molecule has 124 valence electrons. The third-order valence-electron chi connectivity index (χ3n) is 4.48. The van der Waals surface area contributed by atoms with Gasteiger partial charge in [0.1, 0.15) is 0 Å². The zero-order valence-electron chi connectivity index (χ0n) is 12.7. The van der Waals surface area contributed by atoms with Crippen molar-refractivity contribution in [3.05, 3.63) is 70.8 Å².